The maximum atomic E-state index is 11.3. The molecular weight excluding hydrogens is 204 g/mol. The molecule has 1 aromatic rings. The summed E-state index contributed by atoms with van der Waals surface area (Å²) < 4.78 is 4.86. The van der Waals surface area contributed by atoms with Crippen LogP contribution in [0.15, 0.2) is 36.1 Å². The van der Waals surface area contributed by atoms with Gasteiger partial charge in [0.05, 0.1) is 6.61 Å². The summed E-state index contributed by atoms with van der Waals surface area (Å²) in [6.07, 6.45) is 3.16. The molecule has 16 heavy (non-hydrogen) atoms. The predicted molar refractivity (Wildman–Crippen MR) is 62.9 cm³/mol. The van der Waals surface area contributed by atoms with Crippen molar-refractivity contribution in [2.24, 2.45) is 0 Å². The molecule has 3 heteroatoms. The van der Waals surface area contributed by atoms with Crippen LogP contribution in [0.5, 0.6) is 0 Å². The Labute approximate surface area is 95.4 Å². The number of aliphatic hydroxyl groups is 1. The molecule has 0 radical (unpaired) electrons. The highest BCUT2D eigenvalue weighted by Gasteiger charge is 2.08. The van der Waals surface area contributed by atoms with Gasteiger partial charge >= 0.3 is 5.97 Å². The maximum Gasteiger partial charge on any atom is 0.373 e. The molecule has 1 N–H and O–H groups in total. The Morgan fingerprint density at radius 3 is 2.69 bits per heavy atom. The van der Waals surface area contributed by atoms with Crippen LogP contribution in [0.2, 0.25) is 0 Å². The molecule has 3 nitrogen and oxygen atoms in total. The van der Waals surface area contributed by atoms with E-state index in [-0.39, 0.29) is 5.76 Å². The highest BCUT2D eigenvalue weighted by molar-refractivity contribution is 5.90. The molecule has 0 bridgehead atoms. The average molecular weight is 220 g/mol. The molecule has 1 aromatic carbocycles. The summed E-state index contributed by atoms with van der Waals surface area (Å²) >= 11 is 0. The first-order valence-corrected chi connectivity index (χ1v) is 5.37. The minimum Gasteiger partial charge on any atom is -0.502 e. The van der Waals surface area contributed by atoms with Crippen molar-refractivity contribution in [2.45, 2.75) is 19.8 Å². The van der Waals surface area contributed by atoms with E-state index in [0.29, 0.717) is 6.61 Å². The lowest BCUT2D eigenvalue weighted by atomic mass is 10.2. The van der Waals surface area contributed by atoms with Gasteiger partial charge in [0.15, 0.2) is 0 Å². The highest BCUT2D eigenvalue weighted by Crippen LogP contribution is 2.06. The zero-order valence-corrected chi connectivity index (χ0v) is 9.35. The lowest BCUT2D eigenvalue weighted by Crippen LogP contribution is -2.08. The molecule has 1 rings (SSSR count). The van der Waals surface area contributed by atoms with E-state index in [0.717, 1.165) is 18.4 Å². The van der Waals surface area contributed by atoms with E-state index in [1.807, 2.05) is 25.1 Å². The van der Waals surface area contributed by atoms with Gasteiger partial charge in [-0.05, 0) is 18.1 Å². The van der Waals surface area contributed by atoms with Gasteiger partial charge < -0.3 is 9.84 Å². The Morgan fingerprint density at radius 2 is 2.06 bits per heavy atom. The van der Waals surface area contributed by atoms with Crippen LogP contribution in [-0.2, 0) is 9.53 Å². The van der Waals surface area contributed by atoms with Crippen LogP contribution in [0, 0.1) is 0 Å². The van der Waals surface area contributed by atoms with Crippen LogP contribution >= 0.6 is 0 Å². The maximum absolute atomic E-state index is 11.3. The smallest absolute Gasteiger partial charge is 0.373 e. The van der Waals surface area contributed by atoms with E-state index in [1.54, 1.807) is 12.1 Å². The van der Waals surface area contributed by atoms with Gasteiger partial charge in [-0.3, -0.25) is 0 Å². The number of aliphatic hydroxyl groups excluding tert-OH is 1. The molecule has 0 saturated carbocycles. The van der Waals surface area contributed by atoms with Crippen molar-refractivity contribution in [2.75, 3.05) is 6.61 Å². The summed E-state index contributed by atoms with van der Waals surface area (Å²) in [5.74, 6) is -1.03. The fraction of sp³-hybridized carbons (Fsp3) is 0.308. The summed E-state index contributed by atoms with van der Waals surface area (Å²) in [4.78, 5) is 11.3. The number of unbranched alkanes of at least 4 members (excludes halogenated alkanes) is 1. The van der Waals surface area contributed by atoms with E-state index in [1.165, 1.54) is 6.08 Å². The number of hydrogen-bond acceptors (Lipinski definition) is 3. The second-order valence-electron chi connectivity index (χ2n) is 3.43. The second kappa shape index (κ2) is 6.67. The van der Waals surface area contributed by atoms with Gasteiger partial charge in [-0.15, -0.1) is 0 Å². The number of esters is 1. The highest BCUT2D eigenvalue weighted by atomic mass is 16.5. The van der Waals surface area contributed by atoms with Crippen LogP contribution in [0.4, 0.5) is 0 Å². The van der Waals surface area contributed by atoms with Crippen molar-refractivity contribution < 1.29 is 14.6 Å². The Hall–Kier alpha value is -1.77. The molecule has 0 aromatic heterocycles. The topological polar surface area (TPSA) is 46.5 Å². The predicted octanol–water partition coefficient (Wildman–Crippen LogP) is 2.93. The molecular formula is C13H16O3. The molecule has 0 atom stereocenters. The Morgan fingerprint density at radius 1 is 1.38 bits per heavy atom. The monoisotopic (exact) mass is 220 g/mol. The largest absolute Gasteiger partial charge is 0.502 e. The van der Waals surface area contributed by atoms with Crippen LogP contribution in [0.1, 0.15) is 25.3 Å². The van der Waals surface area contributed by atoms with Crippen LogP contribution in [0.25, 0.3) is 6.08 Å². The standard InChI is InChI=1S/C13H16O3/c1-2-3-9-16-13(15)12(14)10-11-7-5-4-6-8-11/h4-8,10,14H,2-3,9H2,1H3. The molecule has 0 spiro atoms. The van der Waals surface area contributed by atoms with Crippen molar-refractivity contribution in [3.05, 3.63) is 41.7 Å². The van der Waals surface area contributed by atoms with E-state index in [4.69, 9.17) is 4.74 Å². The molecule has 0 unspecified atom stereocenters. The molecule has 0 saturated heterocycles. The summed E-state index contributed by atoms with van der Waals surface area (Å²) in [5, 5.41) is 9.46. The van der Waals surface area contributed by atoms with Gasteiger partial charge in [0.2, 0.25) is 5.76 Å². The molecule has 0 fully saturated rings. The van der Waals surface area contributed by atoms with E-state index in [2.05, 4.69) is 0 Å². The van der Waals surface area contributed by atoms with E-state index in [9.17, 15) is 9.90 Å². The van der Waals surface area contributed by atoms with Crippen LogP contribution in [0.3, 0.4) is 0 Å². The minimum atomic E-state index is -0.669. The first-order chi connectivity index (χ1) is 7.74. The van der Waals surface area contributed by atoms with Crippen molar-refractivity contribution in [1.82, 2.24) is 0 Å². The molecule has 0 amide bonds. The number of benzene rings is 1. The van der Waals surface area contributed by atoms with E-state index < -0.39 is 5.97 Å². The van der Waals surface area contributed by atoms with Gasteiger partial charge in [-0.2, -0.15) is 0 Å². The third-order valence-corrected chi connectivity index (χ3v) is 2.04. The van der Waals surface area contributed by atoms with Gasteiger partial charge in [0.1, 0.15) is 0 Å². The Bertz CT molecular complexity index is 355. The summed E-state index contributed by atoms with van der Waals surface area (Å²) in [6.45, 7) is 2.36. The summed E-state index contributed by atoms with van der Waals surface area (Å²) in [7, 11) is 0. The fourth-order valence-corrected chi connectivity index (χ4v) is 1.15. The van der Waals surface area contributed by atoms with Crippen LogP contribution < -0.4 is 0 Å². The number of rotatable bonds is 5. The lowest BCUT2D eigenvalue weighted by molar-refractivity contribution is -0.141. The van der Waals surface area contributed by atoms with Crippen LogP contribution in [-0.4, -0.2) is 17.7 Å². The molecule has 0 aliphatic carbocycles. The summed E-state index contributed by atoms with van der Waals surface area (Å²) in [5.41, 5.74) is 0.771. The molecule has 0 aliphatic heterocycles. The SMILES string of the molecule is CCCCOC(=O)C(O)=Cc1ccccc1. The third kappa shape index (κ3) is 4.17. The Kier molecular flexibility index (Phi) is 5.12. The third-order valence-electron chi connectivity index (χ3n) is 2.04. The number of hydrogen-bond donors (Lipinski definition) is 1. The first-order valence-electron chi connectivity index (χ1n) is 5.37. The Balaban J connectivity index is 2.53. The van der Waals surface area contributed by atoms with E-state index >= 15 is 0 Å². The van der Waals surface area contributed by atoms with Gasteiger partial charge in [0.25, 0.3) is 0 Å². The quantitative estimate of drug-likeness (QED) is 0.359. The minimum absolute atomic E-state index is 0.349. The zero-order chi connectivity index (χ0) is 11.8. The van der Waals surface area contributed by atoms with Crippen molar-refractivity contribution in [3.63, 3.8) is 0 Å². The fourth-order valence-electron chi connectivity index (χ4n) is 1.15. The first kappa shape index (κ1) is 12.3. The zero-order valence-electron chi connectivity index (χ0n) is 9.35. The van der Waals surface area contributed by atoms with Crippen molar-refractivity contribution in [1.29, 1.82) is 0 Å². The van der Waals surface area contributed by atoms with Gasteiger partial charge in [0, 0.05) is 0 Å². The summed E-state index contributed by atoms with van der Waals surface area (Å²) in [6, 6.07) is 9.14. The second-order valence-corrected chi connectivity index (χ2v) is 3.43. The molecule has 0 heterocycles. The number of carbonyl (C=O) groups excluding carboxylic acids is 1. The van der Waals surface area contributed by atoms with Gasteiger partial charge in [-0.25, -0.2) is 4.79 Å². The normalized spacial score (nSPS) is 11.2. The molecule has 0 aliphatic rings. The average Bonchev–Trinajstić information content (AvgIpc) is 2.30. The number of ether oxygens (including phenoxy) is 1. The molecule has 86 valence electrons. The van der Waals surface area contributed by atoms with Gasteiger partial charge in [-0.1, -0.05) is 43.7 Å². The van der Waals surface area contributed by atoms with Crippen molar-refractivity contribution in [3.8, 4) is 0 Å². The van der Waals surface area contributed by atoms with Crippen molar-refractivity contribution >= 4 is 12.0 Å². The lowest BCUT2D eigenvalue weighted by Gasteiger charge is -2.02. The number of carbonyl (C=O) groups is 1.